The van der Waals surface area contributed by atoms with E-state index in [1.54, 1.807) is 0 Å². The van der Waals surface area contributed by atoms with E-state index in [1.807, 2.05) is 32.1 Å². The fourth-order valence-electron chi connectivity index (χ4n) is 3.62. The maximum absolute atomic E-state index is 12.2. The zero-order valence-corrected chi connectivity index (χ0v) is 13.9. The van der Waals surface area contributed by atoms with Crippen molar-refractivity contribution in [2.24, 2.45) is 16.8 Å². The highest BCUT2D eigenvalue weighted by Crippen LogP contribution is 2.30. The minimum atomic E-state index is -0.0619. The predicted molar refractivity (Wildman–Crippen MR) is 90.9 cm³/mol. The van der Waals surface area contributed by atoms with Crippen molar-refractivity contribution >= 4 is 17.5 Å². The fraction of sp³-hybridized carbons (Fsp3) is 0.526. The third kappa shape index (κ3) is 3.52. The van der Waals surface area contributed by atoms with Crippen LogP contribution in [-0.2, 0) is 9.59 Å². The topological polar surface area (TPSA) is 58.5 Å². The second-order valence-electron chi connectivity index (χ2n) is 6.84. The molecular formula is C19H24N2O2. The van der Waals surface area contributed by atoms with Crippen LogP contribution < -0.4 is 5.32 Å². The summed E-state index contributed by atoms with van der Waals surface area (Å²) < 4.78 is 0. The predicted octanol–water partition coefficient (Wildman–Crippen LogP) is 3.46. The van der Waals surface area contributed by atoms with E-state index in [0.29, 0.717) is 18.1 Å². The van der Waals surface area contributed by atoms with Gasteiger partial charge in [-0.15, -0.1) is 0 Å². The molecule has 4 nitrogen and oxygen atoms in total. The van der Waals surface area contributed by atoms with E-state index in [2.05, 4.69) is 10.3 Å². The molecule has 1 fully saturated rings. The van der Waals surface area contributed by atoms with Gasteiger partial charge in [0.25, 0.3) is 5.91 Å². The SMILES string of the molecule is CC1=C(C)C2C=CC(=NC(=O)CC3CCCCC3)C=C2NC1=O. The van der Waals surface area contributed by atoms with Gasteiger partial charge < -0.3 is 5.32 Å². The molecule has 1 unspecified atom stereocenters. The third-order valence-electron chi connectivity index (χ3n) is 5.20. The summed E-state index contributed by atoms with van der Waals surface area (Å²) in [6.07, 6.45) is 12.3. The Morgan fingerprint density at radius 1 is 1.26 bits per heavy atom. The molecule has 2 aliphatic carbocycles. The van der Waals surface area contributed by atoms with Gasteiger partial charge in [0.05, 0.1) is 5.71 Å². The van der Waals surface area contributed by atoms with Gasteiger partial charge in [0.1, 0.15) is 0 Å². The molecule has 0 bridgehead atoms. The Morgan fingerprint density at radius 2 is 2.00 bits per heavy atom. The van der Waals surface area contributed by atoms with E-state index in [4.69, 9.17) is 0 Å². The van der Waals surface area contributed by atoms with Crippen LogP contribution in [0, 0.1) is 11.8 Å². The van der Waals surface area contributed by atoms with Crippen molar-refractivity contribution in [2.75, 3.05) is 0 Å². The van der Waals surface area contributed by atoms with E-state index in [9.17, 15) is 9.59 Å². The molecule has 0 radical (unpaired) electrons. The Kier molecular flexibility index (Phi) is 4.60. The van der Waals surface area contributed by atoms with Gasteiger partial charge >= 0.3 is 0 Å². The number of hydrogen-bond donors (Lipinski definition) is 1. The van der Waals surface area contributed by atoms with E-state index >= 15 is 0 Å². The largest absolute Gasteiger partial charge is 0.325 e. The van der Waals surface area contributed by atoms with Crippen LogP contribution in [0.25, 0.3) is 0 Å². The van der Waals surface area contributed by atoms with Crippen LogP contribution in [0.1, 0.15) is 52.4 Å². The van der Waals surface area contributed by atoms with Crippen molar-refractivity contribution in [1.29, 1.82) is 0 Å². The average molecular weight is 312 g/mol. The van der Waals surface area contributed by atoms with Gasteiger partial charge in [0.2, 0.25) is 5.91 Å². The first-order valence-corrected chi connectivity index (χ1v) is 8.54. The normalized spacial score (nSPS) is 26.9. The monoisotopic (exact) mass is 312 g/mol. The number of nitrogens with one attached hydrogen (secondary N) is 1. The summed E-state index contributed by atoms with van der Waals surface area (Å²) in [5.74, 6) is 0.487. The van der Waals surface area contributed by atoms with Crippen molar-refractivity contribution in [3.05, 3.63) is 35.1 Å². The van der Waals surface area contributed by atoms with Gasteiger partial charge in [-0.05, 0) is 44.8 Å². The van der Waals surface area contributed by atoms with E-state index < -0.39 is 0 Å². The highest BCUT2D eigenvalue weighted by molar-refractivity contribution is 6.11. The molecule has 0 aromatic heterocycles. The third-order valence-corrected chi connectivity index (χ3v) is 5.20. The van der Waals surface area contributed by atoms with Crippen molar-refractivity contribution in [3.8, 4) is 0 Å². The molecule has 0 aromatic rings. The minimum Gasteiger partial charge on any atom is -0.325 e. The summed E-state index contributed by atoms with van der Waals surface area (Å²) in [5.41, 5.74) is 3.30. The highest BCUT2D eigenvalue weighted by atomic mass is 16.2. The van der Waals surface area contributed by atoms with Crippen LogP contribution >= 0.6 is 0 Å². The number of amides is 2. The van der Waals surface area contributed by atoms with Gasteiger partial charge in [0, 0.05) is 23.6 Å². The zero-order chi connectivity index (χ0) is 16.4. The maximum atomic E-state index is 12.2. The first kappa shape index (κ1) is 15.9. The lowest BCUT2D eigenvalue weighted by Gasteiger charge is -2.28. The van der Waals surface area contributed by atoms with Gasteiger partial charge in [-0.2, -0.15) is 0 Å². The lowest BCUT2D eigenvalue weighted by Crippen LogP contribution is -2.35. The number of carbonyl (C=O) groups excluding carboxylic acids is 2. The number of fused-ring (bicyclic) bond motifs is 1. The molecule has 0 spiro atoms. The highest BCUT2D eigenvalue weighted by Gasteiger charge is 2.27. The van der Waals surface area contributed by atoms with Gasteiger partial charge in [0.15, 0.2) is 0 Å². The first-order chi connectivity index (χ1) is 11.0. The van der Waals surface area contributed by atoms with Crippen LogP contribution in [0.2, 0.25) is 0 Å². The molecular weight excluding hydrogens is 288 g/mol. The summed E-state index contributed by atoms with van der Waals surface area (Å²) in [5, 5.41) is 2.90. The zero-order valence-electron chi connectivity index (χ0n) is 13.9. The van der Waals surface area contributed by atoms with Crippen molar-refractivity contribution in [3.63, 3.8) is 0 Å². The molecule has 122 valence electrons. The van der Waals surface area contributed by atoms with Crippen molar-refractivity contribution in [2.45, 2.75) is 52.4 Å². The van der Waals surface area contributed by atoms with Gasteiger partial charge in [-0.1, -0.05) is 30.9 Å². The summed E-state index contributed by atoms with van der Waals surface area (Å²) >= 11 is 0. The molecule has 1 saturated carbocycles. The fourth-order valence-corrected chi connectivity index (χ4v) is 3.62. The smallest absolute Gasteiger partial charge is 0.251 e. The molecule has 1 heterocycles. The standard InChI is InChI=1S/C19H24N2O2/c1-12-13(2)19(23)21-17-11-15(8-9-16(12)17)20-18(22)10-14-6-4-3-5-7-14/h8-9,11,14,16H,3-7,10H2,1-2H3,(H,21,23). The second kappa shape index (κ2) is 6.65. The quantitative estimate of drug-likeness (QED) is 0.849. The van der Waals surface area contributed by atoms with Crippen LogP contribution in [0.5, 0.6) is 0 Å². The molecule has 1 atom stereocenters. The average Bonchev–Trinajstić information content (AvgIpc) is 2.53. The first-order valence-electron chi connectivity index (χ1n) is 8.54. The molecule has 4 heteroatoms. The van der Waals surface area contributed by atoms with Crippen molar-refractivity contribution < 1.29 is 9.59 Å². The minimum absolute atomic E-state index is 0.0440. The maximum Gasteiger partial charge on any atom is 0.251 e. The van der Waals surface area contributed by atoms with Crippen molar-refractivity contribution in [1.82, 2.24) is 5.32 Å². The Balaban J connectivity index is 1.71. The molecule has 23 heavy (non-hydrogen) atoms. The molecule has 3 aliphatic rings. The Morgan fingerprint density at radius 3 is 2.74 bits per heavy atom. The summed E-state index contributed by atoms with van der Waals surface area (Å²) in [6, 6.07) is 0. The molecule has 1 aliphatic heterocycles. The Hall–Kier alpha value is -1.97. The number of nitrogens with zero attached hydrogens (tertiary/aromatic N) is 1. The summed E-state index contributed by atoms with van der Waals surface area (Å²) in [4.78, 5) is 28.3. The molecule has 3 rings (SSSR count). The number of hydrogen-bond acceptors (Lipinski definition) is 2. The molecule has 0 saturated heterocycles. The summed E-state index contributed by atoms with van der Waals surface area (Å²) in [7, 11) is 0. The Labute approximate surface area is 137 Å². The number of carbonyl (C=O) groups is 2. The second-order valence-corrected chi connectivity index (χ2v) is 6.84. The van der Waals surface area contributed by atoms with Gasteiger partial charge in [-0.3, -0.25) is 9.59 Å². The molecule has 1 N–H and O–H groups in total. The molecule has 2 amide bonds. The van der Waals surface area contributed by atoms with Crippen LogP contribution in [0.4, 0.5) is 0 Å². The summed E-state index contributed by atoms with van der Waals surface area (Å²) in [6.45, 7) is 3.82. The Bertz CT molecular complexity index is 646. The van der Waals surface area contributed by atoms with E-state index in [1.165, 1.54) is 19.3 Å². The van der Waals surface area contributed by atoms with Crippen LogP contribution in [0.3, 0.4) is 0 Å². The lowest BCUT2D eigenvalue weighted by atomic mass is 9.85. The molecule has 0 aromatic carbocycles. The van der Waals surface area contributed by atoms with E-state index in [-0.39, 0.29) is 17.7 Å². The lowest BCUT2D eigenvalue weighted by molar-refractivity contribution is -0.119. The number of allylic oxidation sites excluding steroid dienone is 3. The number of aliphatic imine (C=N–C) groups is 1. The van der Waals surface area contributed by atoms with Crippen LogP contribution in [-0.4, -0.2) is 17.5 Å². The van der Waals surface area contributed by atoms with E-state index in [0.717, 1.165) is 29.7 Å². The van der Waals surface area contributed by atoms with Gasteiger partial charge in [-0.25, -0.2) is 4.99 Å². The van der Waals surface area contributed by atoms with Crippen LogP contribution in [0.15, 0.2) is 40.1 Å². The number of rotatable bonds is 2.